The molecular formula is C36H44N2O5. The highest BCUT2D eigenvalue weighted by molar-refractivity contribution is 5.91. The fourth-order valence-electron chi connectivity index (χ4n) is 6.10. The number of likely N-dealkylation sites (tertiary alicyclic amines) is 1. The Kier molecular flexibility index (Phi) is 10.0. The van der Waals surface area contributed by atoms with Gasteiger partial charge in [0.05, 0.1) is 18.7 Å². The van der Waals surface area contributed by atoms with Crippen molar-refractivity contribution in [2.24, 2.45) is 11.8 Å². The van der Waals surface area contributed by atoms with Crippen LogP contribution in [0.2, 0.25) is 0 Å². The molecule has 1 saturated heterocycles. The molecule has 3 aromatic carbocycles. The number of amides is 1. The quantitative estimate of drug-likeness (QED) is 0.224. The van der Waals surface area contributed by atoms with Gasteiger partial charge in [-0.05, 0) is 80.7 Å². The molecule has 43 heavy (non-hydrogen) atoms. The van der Waals surface area contributed by atoms with E-state index in [1.807, 2.05) is 87.5 Å². The van der Waals surface area contributed by atoms with Gasteiger partial charge in [0.2, 0.25) is 0 Å². The molecule has 1 heterocycles. The van der Waals surface area contributed by atoms with Crippen molar-refractivity contribution in [1.82, 2.24) is 4.90 Å². The van der Waals surface area contributed by atoms with Crippen molar-refractivity contribution in [1.29, 1.82) is 0 Å². The molecule has 1 aliphatic carbocycles. The minimum Gasteiger partial charge on any atom is -0.493 e. The van der Waals surface area contributed by atoms with E-state index in [1.54, 1.807) is 0 Å². The Hall–Kier alpha value is -3.84. The number of ether oxygens (including phenoxy) is 3. The Labute approximate surface area is 255 Å². The molecule has 2 aliphatic rings. The van der Waals surface area contributed by atoms with Gasteiger partial charge in [0.15, 0.2) is 0 Å². The smallest absolute Gasteiger partial charge is 0.411 e. The second kappa shape index (κ2) is 14.1. The summed E-state index contributed by atoms with van der Waals surface area (Å²) in [6.07, 6.45) is 3.42. The van der Waals surface area contributed by atoms with Crippen LogP contribution in [0.25, 0.3) is 11.1 Å². The number of nitrogens with zero attached hydrogens (tertiary/aromatic N) is 1. The van der Waals surface area contributed by atoms with E-state index in [9.17, 15) is 9.59 Å². The summed E-state index contributed by atoms with van der Waals surface area (Å²) in [6, 6.07) is 26.0. The summed E-state index contributed by atoms with van der Waals surface area (Å²) in [5, 5.41) is 2.98. The number of benzene rings is 3. The van der Waals surface area contributed by atoms with Crippen LogP contribution in [0.3, 0.4) is 0 Å². The number of rotatable bonds is 12. The number of hydrogen-bond donors (Lipinski definition) is 1. The molecule has 3 atom stereocenters. The van der Waals surface area contributed by atoms with Crippen LogP contribution in [0.1, 0.15) is 52.0 Å². The highest BCUT2D eigenvalue weighted by atomic mass is 16.6. The maximum Gasteiger partial charge on any atom is 0.411 e. The molecule has 0 bridgehead atoms. The summed E-state index contributed by atoms with van der Waals surface area (Å²) in [5.74, 6) is 1.67. The Balaban J connectivity index is 1.00. The molecule has 0 spiro atoms. The second-order valence-electron chi connectivity index (χ2n) is 12.4. The molecule has 5 rings (SSSR count). The number of nitrogens with one attached hydrogen (secondary N) is 1. The third-order valence-electron chi connectivity index (χ3n) is 8.76. The Morgan fingerprint density at radius 3 is 2.28 bits per heavy atom. The molecule has 0 radical (unpaired) electrons. The Morgan fingerprint density at radius 1 is 0.907 bits per heavy atom. The largest absolute Gasteiger partial charge is 0.493 e. The molecule has 1 saturated carbocycles. The predicted molar refractivity (Wildman–Crippen MR) is 169 cm³/mol. The highest BCUT2D eigenvalue weighted by Gasteiger charge is 2.42. The van der Waals surface area contributed by atoms with Crippen LogP contribution in [-0.4, -0.2) is 54.9 Å². The first-order valence-electron chi connectivity index (χ1n) is 15.6. The normalized spacial score (nSPS) is 19.9. The van der Waals surface area contributed by atoms with Crippen LogP contribution in [0.5, 0.6) is 5.75 Å². The van der Waals surface area contributed by atoms with Crippen molar-refractivity contribution in [2.45, 2.75) is 64.6 Å². The molecule has 228 valence electrons. The van der Waals surface area contributed by atoms with E-state index in [0.29, 0.717) is 18.4 Å². The molecule has 1 unspecified atom stereocenters. The van der Waals surface area contributed by atoms with Crippen LogP contribution in [0, 0.1) is 11.8 Å². The van der Waals surface area contributed by atoms with Gasteiger partial charge < -0.3 is 19.1 Å². The Morgan fingerprint density at radius 2 is 1.58 bits per heavy atom. The SMILES string of the molecule is CCC(C)(C)OC(=O)CCOc1ccc(CCN2C[C@H]3CC(OC(=O)Nc4ccccc4-c4ccccc4)C[C@H]3C2)cc1. The van der Waals surface area contributed by atoms with E-state index >= 15 is 0 Å². The maximum absolute atomic E-state index is 12.8. The molecule has 2 fully saturated rings. The summed E-state index contributed by atoms with van der Waals surface area (Å²) >= 11 is 0. The third kappa shape index (κ3) is 8.60. The Bertz CT molecular complexity index is 1340. The van der Waals surface area contributed by atoms with E-state index in [-0.39, 0.29) is 24.6 Å². The average Bonchev–Trinajstić information content (AvgIpc) is 3.55. The van der Waals surface area contributed by atoms with Crippen molar-refractivity contribution in [2.75, 3.05) is 31.6 Å². The lowest BCUT2D eigenvalue weighted by molar-refractivity contribution is -0.157. The summed E-state index contributed by atoms with van der Waals surface area (Å²) in [7, 11) is 0. The standard InChI is InChI=1S/C36H44N2O5/c1-4-36(2,3)43-34(39)19-21-41-30-16-14-26(15-17-30)18-20-38-24-28-22-31(23-29(28)25-38)42-35(40)37-33-13-9-8-12-32(33)27-10-6-5-7-11-27/h5-17,28-29,31H,4,18-25H2,1-3H3,(H,37,40)/t28-,29+,31?. The maximum atomic E-state index is 12.8. The zero-order valence-corrected chi connectivity index (χ0v) is 25.6. The lowest BCUT2D eigenvalue weighted by Gasteiger charge is -2.23. The van der Waals surface area contributed by atoms with Gasteiger partial charge in [-0.1, -0.05) is 67.6 Å². The van der Waals surface area contributed by atoms with Crippen LogP contribution >= 0.6 is 0 Å². The molecular weight excluding hydrogens is 540 g/mol. The van der Waals surface area contributed by atoms with E-state index < -0.39 is 5.60 Å². The van der Waals surface area contributed by atoms with Gasteiger partial charge in [-0.3, -0.25) is 10.1 Å². The molecule has 3 aromatic rings. The minimum absolute atomic E-state index is 0.0337. The first kappa shape index (κ1) is 30.6. The number of anilines is 1. The van der Waals surface area contributed by atoms with Crippen LogP contribution in [-0.2, 0) is 20.7 Å². The van der Waals surface area contributed by atoms with Gasteiger partial charge in [-0.2, -0.15) is 0 Å². The summed E-state index contributed by atoms with van der Waals surface area (Å²) in [6.45, 7) is 9.25. The lowest BCUT2D eigenvalue weighted by atomic mass is 10.0. The van der Waals surface area contributed by atoms with Crippen molar-refractivity contribution >= 4 is 17.7 Å². The number of carbonyl (C=O) groups excluding carboxylic acids is 2. The fraction of sp³-hybridized carbons (Fsp3) is 0.444. The van der Waals surface area contributed by atoms with Crippen LogP contribution < -0.4 is 10.1 Å². The number of para-hydroxylation sites is 1. The summed E-state index contributed by atoms with van der Waals surface area (Å²) in [4.78, 5) is 27.3. The minimum atomic E-state index is -0.436. The number of esters is 1. The second-order valence-corrected chi connectivity index (χ2v) is 12.4. The zero-order valence-electron chi connectivity index (χ0n) is 25.6. The summed E-state index contributed by atoms with van der Waals surface area (Å²) < 4.78 is 17.1. The zero-order chi connectivity index (χ0) is 30.2. The molecule has 1 N–H and O–H groups in total. The molecule has 1 aliphatic heterocycles. The van der Waals surface area contributed by atoms with E-state index in [4.69, 9.17) is 14.2 Å². The monoisotopic (exact) mass is 584 g/mol. The highest BCUT2D eigenvalue weighted by Crippen LogP contribution is 2.39. The van der Waals surface area contributed by atoms with Gasteiger partial charge in [-0.25, -0.2) is 4.79 Å². The van der Waals surface area contributed by atoms with Gasteiger partial charge in [0.1, 0.15) is 17.5 Å². The number of hydrogen-bond acceptors (Lipinski definition) is 6. The first-order chi connectivity index (χ1) is 20.8. The number of fused-ring (bicyclic) bond motifs is 1. The van der Waals surface area contributed by atoms with E-state index in [2.05, 4.69) is 22.3 Å². The van der Waals surface area contributed by atoms with E-state index in [1.165, 1.54) is 5.56 Å². The van der Waals surface area contributed by atoms with Crippen LogP contribution in [0.15, 0.2) is 78.9 Å². The van der Waals surface area contributed by atoms with Crippen LogP contribution in [0.4, 0.5) is 10.5 Å². The average molecular weight is 585 g/mol. The van der Waals surface area contributed by atoms with Gasteiger partial charge >= 0.3 is 12.1 Å². The van der Waals surface area contributed by atoms with Crippen molar-refractivity contribution in [3.05, 3.63) is 84.4 Å². The number of carbonyl (C=O) groups is 2. The van der Waals surface area contributed by atoms with Gasteiger partial charge in [0, 0.05) is 25.2 Å². The molecule has 1 amide bonds. The van der Waals surface area contributed by atoms with Gasteiger partial charge in [-0.15, -0.1) is 0 Å². The molecule has 7 nitrogen and oxygen atoms in total. The van der Waals surface area contributed by atoms with E-state index in [0.717, 1.165) is 67.9 Å². The first-order valence-corrected chi connectivity index (χ1v) is 15.6. The van der Waals surface area contributed by atoms with Gasteiger partial charge in [0.25, 0.3) is 0 Å². The third-order valence-corrected chi connectivity index (χ3v) is 8.76. The van der Waals surface area contributed by atoms with Crippen molar-refractivity contribution < 1.29 is 23.8 Å². The molecule has 7 heteroatoms. The predicted octanol–water partition coefficient (Wildman–Crippen LogP) is 7.36. The topological polar surface area (TPSA) is 77.1 Å². The van der Waals surface area contributed by atoms with Crippen molar-refractivity contribution in [3.8, 4) is 16.9 Å². The lowest BCUT2D eigenvalue weighted by Crippen LogP contribution is -2.27. The molecule has 0 aromatic heterocycles. The summed E-state index contributed by atoms with van der Waals surface area (Å²) in [5.41, 5.74) is 3.63. The van der Waals surface area contributed by atoms with Crippen molar-refractivity contribution in [3.63, 3.8) is 0 Å². The fourth-order valence-corrected chi connectivity index (χ4v) is 6.10.